The van der Waals surface area contributed by atoms with E-state index in [4.69, 9.17) is 0 Å². The van der Waals surface area contributed by atoms with Crippen molar-refractivity contribution in [3.8, 4) is 0 Å². The molecule has 0 bridgehead atoms. The summed E-state index contributed by atoms with van der Waals surface area (Å²) in [6, 6.07) is 0.0213. The number of hydrogen-bond acceptors (Lipinski definition) is 1. The summed E-state index contributed by atoms with van der Waals surface area (Å²) in [5.41, 5.74) is 0. The highest BCUT2D eigenvalue weighted by atomic mass is 16.2. The second-order valence-electron chi connectivity index (χ2n) is 4.27. The highest BCUT2D eigenvalue weighted by Gasteiger charge is 2.15. The summed E-state index contributed by atoms with van der Waals surface area (Å²) >= 11 is 0. The molecule has 1 aliphatic heterocycles. The zero-order valence-corrected chi connectivity index (χ0v) is 9.87. The lowest BCUT2D eigenvalue weighted by molar-refractivity contribution is 0.198. The van der Waals surface area contributed by atoms with E-state index in [9.17, 15) is 4.79 Å². The van der Waals surface area contributed by atoms with E-state index in [1.165, 1.54) is 25.7 Å². The van der Waals surface area contributed by atoms with Gasteiger partial charge in [0.05, 0.1) is 0 Å². The van der Waals surface area contributed by atoms with Gasteiger partial charge in [-0.05, 0) is 19.3 Å². The van der Waals surface area contributed by atoms with Crippen LogP contribution in [0, 0.1) is 0 Å². The second kappa shape index (κ2) is 7.55. The second-order valence-corrected chi connectivity index (χ2v) is 4.27. The smallest absolute Gasteiger partial charge is 0.323 e. The minimum atomic E-state index is 0.0213. The van der Waals surface area contributed by atoms with Crippen molar-refractivity contribution >= 4 is 6.03 Å². The molecular formula is C12H23N2O. The fourth-order valence-corrected chi connectivity index (χ4v) is 1.90. The minimum Gasteiger partial charge on any atom is -0.323 e. The van der Waals surface area contributed by atoms with E-state index in [-0.39, 0.29) is 6.03 Å². The molecule has 3 nitrogen and oxygen atoms in total. The van der Waals surface area contributed by atoms with E-state index in [0.29, 0.717) is 6.54 Å². The number of carbonyl (C=O) groups excluding carboxylic acids is 1. The van der Waals surface area contributed by atoms with Crippen molar-refractivity contribution in [2.24, 2.45) is 0 Å². The van der Waals surface area contributed by atoms with Crippen molar-refractivity contribution in [1.82, 2.24) is 10.2 Å². The van der Waals surface area contributed by atoms with Gasteiger partial charge in [0, 0.05) is 19.6 Å². The zero-order valence-electron chi connectivity index (χ0n) is 9.87. The molecule has 0 aromatic heterocycles. The van der Waals surface area contributed by atoms with Crippen molar-refractivity contribution in [1.29, 1.82) is 0 Å². The van der Waals surface area contributed by atoms with Crippen LogP contribution in [0.25, 0.3) is 0 Å². The number of urea groups is 1. The molecule has 0 aromatic carbocycles. The Bertz CT molecular complexity index is 174. The first kappa shape index (κ1) is 12.3. The van der Waals surface area contributed by atoms with E-state index in [1.54, 1.807) is 0 Å². The monoisotopic (exact) mass is 211 g/mol. The largest absolute Gasteiger partial charge is 0.338 e. The summed E-state index contributed by atoms with van der Waals surface area (Å²) in [6.07, 6.45) is 8.24. The van der Waals surface area contributed by atoms with Crippen molar-refractivity contribution in [3.63, 3.8) is 0 Å². The Balaban J connectivity index is 2.14. The normalized spacial score (nSPS) is 17.3. The minimum absolute atomic E-state index is 0.0213. The van der Waals surface area contributed by atoms with Gasteiger partial charge in [-0.2, -0.15) is 0 Å². The lowest BCUT2D eigenvalue weighted by Gasteiger charge is -2.19. The number of amides is 2. The van der Waals surface area contributed by atoms with Crippen LogP contribution in [0.3, 0.4) is 0 Å². The lowest BCUT2D eigenvalue weighted by atomic mass is 10.2. The standard InChI is InChI=1S/C12H23N2O/c1-2-3-6-9-13-12(15)14-10-7-4-5-8-11-14/h2-11H2,1H3. The number of carbonyl (C=O) groups is 1. The zero-order chi connectivity index (χ0) is 10.9. The van der Waals surface area contributed by atoms with Gasteiger partial charge in [-0.15, -0.1) is 0 Å². The van der Waals surface area contributed by atoms with Crippen LogP contribution in [0.2, 0.25) is 0 Å². The van der Waals surface area contributed by atoms with Gasteiger partial charge in [-0.1, -0.05) is 32.6 Å². The van der Waals surface area contributed by atoms with E-state index in [1.807, 2.05) is 4.90 Å². The van der Waals surface area contributed by atoms with Gasteiger partial charge in [0.15, 0.2) is 0 Å². The van der Waals surface area contributed by atoms with Crippen LogP contribution < -0.4 is 5.32 Å². The first-order valence-corrected chi connectivity index (χ1v) is 6.31. The van der Waals surface area contributed by atoms with Crippen molar-refractivity contribution in [2.45, 2.75) is 51.9 Å². The average molecular weight is 211 g/mol. The Kier molecular flexibility index (Phi) is 6.21. The van der Waals surface area contributed by atoms with E-state index < -0.39 is 0 Å². The molecule has 15 heavy (non-hydrogen) atoms. The lowest BCUT2D eigenvalue weighted by Crippen LogP contribution is -2.37. The highest BCUT2D eigenvalue weighted by Crippen LogP contribution is 2.09. The Morgan fingerprint density at radius 2 is 1.80 bits per heavy atom. The third kappa shape index (κ3) is 5.05. The average Bonchev–Trinajstić information content (AvgIpc) is 2.52. The van der Waals surface area contributed by atoms with Crippen LogP contribution in [0.1, 0.15) is 51.9 Å². The molecule has 0 aliphatic carbocycles. The molecular weight excluding hydrogens is 188 g/mol. The fraction of sp³-hybridized carbons (Fsp3) is 0.917. The Morgan fingerprint density at radius 1 is 1.13 bits per heavy atom. The predicted octanol–water partition coefficient (Wildman–Crippen LogP) is 2.78. The predicted molar refractivity (Wildman–Crippen MR) is 62.0 cm³/mol. The summed E-state index contributed by atoms with van der Waals surface area (Å²) in [5, 5.41) is 4.11. The van der Waals surface area contributed by atoms with Gasteiger partial charge in [0.25, 0.3) is 0 Å². The summed E-state index contributed by atoms with van der Waals surface area (Å²) in [4.78, 5) is 13.6. The first-order valence-electron chi connectivity index (χ1n) is 6.31. The number of likely N-dealkylation sites (tertiary alicyclic amines) is 1. The van der Waals surface area contributed by atoms with E-state index in [0.717, 1.165) is 32.4 Å². The molecule has 1 rings (SSSR count). The molecule has 0 N–H and O–H groups in total. The van der Waals surface area contributed by atoms with E-state index >= 15 is 0 Å². The Labute approximate surface area is 93.2 Å². The third-order valence-electron chi connectivity index (χ3n) is 2.89. The maximum atomic E-state index is 11.7. The number of nitrogens with zero attached hydrogens (tertiary/aromatic N) is 2. The molecule has 0 unspecified atom stereocenters. The Hall–Kier alpha value is -0.730. The molecule has 0 aromatic rings. The molecule has 2 amide bonds. The molecule has 1 fully saturated rings. The molecule has 1 aliphatic rings. The molecule has 1 heterocycles. The van der Waals surface area contributed by atoms with Crippen LogP contribution in [0.4, 0.5) is 4.79 Å². The van der Waals surface area contributed by atoms with Crippen LogP contribution in [0.15, 0.2) is 0 Å². The van der Waals surface area contributed by atoms with Gasteiger partial charge in [-0.25, -0.2) is 10.1 Å². The maximum absolute atomic E-state index is 11.7. The summed E-state index contributed by atoms with van der Waals surface area (Å²) in [7, 11) is 0. The van der Waals surface area contributed by atoms with Gasteiger partial charge < -0.3 is 4.90 Å². The highest BCUT2D eigenvalue weighted by molar-refractivity contribution is 5.73. The maximum Gasteiger partial charge on any atom is 0.338 e. The molecule has 0 atom stereocenters. The quantitative estimate of drug-likeness (QED) is 0.658. The third-order valence-corrected chi connectivity index (χ3v) is 2.89. The van der Waals surface area contributed by atoms with Crippen molar-refractivity contribution < 1.29 is 4.79 Å². The summed E-state index contributed by atoms with van der Waals surface area (Å²) in [5.74, 6) is 0. The van der Waals surface area contributed by atoms with Crippen LogP contribution >= 0.6 is 0 Å². The van der Waals surface area contributed by atoms with Crippen LogP contribution in [-0.2, 0) is 0 Å². The Morgan fingerprint density at radius 3 is 2.40 bits per heavy atom. The molecule has 3 heteroatoms. The summed E-state index contributed by atoms with van der Waals surface area (Å²) < 4.78 is 0. The molecule has 87 valence electrons. The van der Waals surface area contributed by atoms with Gasteiger partial charge in [0.1, 0.15) is 0 Å². The van der Waals surface area contributed by atoms with Gasteiger partial charge in [-0.3, -0.25) is 0 Å². The number of rotatable bonds is 4. The fourth-order valence-electron chi connectivity index (χ4n) is 1.90. The molecule has 1 radical (unpaired) electrons. The van der Waals surface area contributed by atoms with Crippen molar-refractivity contribution in [2.75, 3.05) is 19.6 Å². The van der Waals surface area contributed by atoms with Crippen LogP contribution in [0.5, 0.6) is 0 Å². The van der Waals surface area contributed by atoms with E-state index in [2.05, 4.69) is 12.2 Å². The number of hydrogen-bond donors (Lipinski definition) is 0. The molecule has 1 saturated heterocycles. The molecule has 0 spiro atoms. The van der Waals surface area contributed by atoms with Gasteiger partial charge >= 0.3 is 6.03 Å². The summed E-state index contributed by atoms with van der Waals surface area (Å²) in [6.45, 7) is 4.70. The topological polar surface area (TPSA) is 34.4 Å². The first-order chi connectivity index (χ1) is 7.34. The molecule has 0 saturated carbocycles. The van der Waals surface area contributed by atoms with Gasteiger partial charge in [0.2, 0.25) is 0 Å². The van der Waals surface area contributed by atoms with Crippen LogP contribution in [-0.4, -0.2) is 30.6 Å². The number of unbranched alkanes of at least 4 members (excludes halogenated alkanes) is 2. The SMILES string of the molecule is CCCCC[N]C(=O)N1CCCCCC1. The van der Waals surface area contributed by atoms with Crippen molar-refractivity contribution in [3.05, 3.63) is 0 Å².